The quantitative estimate of drug-likeness (QED) is 0.148. The van der Waals surface area contributed by atoms with E-state index in [1.165, 1.54) is 27.3 Å². The highest BCUT2D eigenvalue weighted by atomic mass is 14.4. The topological polar surface area (TPSA) is 0 Å². The van der Waals surface area contributed by atoms with E-state index in [2.05, 4.69) is 98.8 Å². The third kappa shape index (κ3) is 3.63. The summed E-state index contributed by atoms with van der Waals surface area (Å²) in [6.07, 6.45) is 0. The minimum Gasteiger partial charge on any atom is -0.0616 e. The molecule has 0 aliphatic heterocycles. The Morgan fingerprint density at radius 3 is 1.81 bits per heavy atom. The van der Waals surface area contributed by atoms with Gasteiger partial charge in [-0.15, -0.1) is 0 Å². The van der Waals surface area contributed by atoms with Crippen LogP contribution in [-0.4, -0.2) is 0 Å². The Bertz CT molecular complexity index is 2620. The van der Waals surface area contributed by atoms with Gasteiger partial charge in [-0.25, -0.2) is 0 Å². The predicted octanol–water partition coefficient (Wildman–Crippen LogP) is 11.9. The number of benzene rings is 8. The predicted molar refractivity (Wildman–Crippen MR) is 185 cm³/mol. The molecule has 0 heteroatoms. The summed E-state index contributed by atoms with van der Waals surface area (Å²) in [7, 11) is 0. The van der Waals surface area contributed by atoms with E-state index >= 15 is 0 Å². The van der Waals surface area contributed by atoms with E-state index < -0.39 is 0 Å². The number of fused-ring (bicyclic) bond motifs is 8. The van der Waals surface area contributed by atoms with Crippen LogP contribution >= 0.6 is 0 Å². The van der Waals surface area contributed by atoms with Crippen LogP contribution in [-0.2, 0) is 5.41 Å². The van der Waals surface area contributed by atoms with E-state index in [0.717, 1.165) is 38.1 Å². The summed E-state index contributed by atoms with van der Waals surface area (Å²) in [5, 5.41) is 8.90. The van der Waals surface area contributed by atoms with Crippen molar-refractivity contribution >= 4 is 43.1 Å². The van der Waals surface area contributed by atoms with Gasteiger partial charge in [0.2, 0.25) is 0 Å². The van der Waals surface area contributed by atoms with Gasteiger partial charge < -0.3 is 0 Å². The first kappa shape index (κ1) is 20.6. The third-order valence-corrected chi connectivity index (χ3v) is 9.47. The minimum atomic E-state index is -0.278. The lowest BCUT2D eigenvalue weighted by atomic mass is 9.81. The summed E-state index contributed by atoms with van der Waals surface area (Å²) in [6, 6.07) is 41.8. The Hall–Kier alpha value is -5.20. The van der Waals surface area contributed by atoms with Crippen molar-refractivity contribution in [2.45, 2.75) is 19.3 Å². The molecule has 0 unspecified atom stereocenters. The van der Waals surface area contributed by atoms with Gasteiger partial charge >= 0.3 is 0 Å². The Balaban J connectivity index is 1.21. The summed E-state index contributed by atoms with van der Waals surface area (Å²) in [5.74, 6) is 0. The molecule has 0 bridgehead atoms. The van der Waals surface area contributed by atoms with E-state index in [1.807, 2.05) is 36.4 Å². The van der Waals surface area contributed by atoms with Crippen LogP contribution < -0.4 is 0 Å². The fourth-order valence-corrected chi connectivity index (χ4v) is 7.17. The molecule has 0 amide bonds. The maximum atomic E-state index is 9.23. The van der Waals surface area contributed by atoms with Gasteiger partial charge in [0.25, 0.3) is 0 Å². The highest BCUT2D eigenvalue weighted by Gasteiger charge is 2.35. The molecule has 9 rings (SSSR count). The SMILES string of the molecule is [2H]c1c([2H])c(-c2cccc3c2ccc2cc4ccccc4cc23)c([2H])c([2H])c1-c1ccc2c(c1)C(C)(C)c1cc3ccccc3cc1-2. The molecule has 0 heterocycles. The lowest BCUT2D eigenvalue weighted by Crippen LogP contribution is -2.15. The zero-order valence-corrected chi connectivity index (χ0v) is 24.0. The molecule has 0 saturated carbocycles. The van der Waals surface area contributed by atoms with Crippen molar-refractivity contribution < 1.29 is 5.48 Å². The molecule has 0 N–H and O–H groups in total. The lowest BCUT2D eigenvalue weighted by molar-refractivity contribution is 0.661. The van der Waals surface area contributed by atoms with Crippen LogP contribution in [0, 0.1) is 0 Å². The van der Waals surface area contributed by atoms with Gasteiger partial charge in [0.1, 0.15) is 0 Å². The molecule has 0 spiro atoms. The first-order chi connectivity index (χ1) is 22.7. The third-order valence-electron chi connectivity index (χ3n) is 9.47. The highest BCUT2D eigenvalue weighted by molar-refractivity contribution is 6.15. The van der Waals surface area contributed by atoms with E-state index in [1.54, 1.807) is 0 Å². The Morgan fingerprint density at radius 1 is 0.395 bits per heavy atom. The van der Waals surface area contributed by atoms with Crippen molar-refractivity contribution in [3.63, 3.8) is 0 Å². The largest absolute Gasteiger partial charge is 0.0629 e. The summed E-state index contributed by atoms with van der Waals surface area (Å²) < 4.78 is 36.9. The van der Waals surface area contributed by atoms with Crippen molar-refractivity contribution in [1.82, 2.24) is 0 Å². The molecule has 0 radical (unpaired) electrons. The van der Waals surface area contributed by atoms with Crippen LogP contribution in [0.25, 0.3) is 76.5 Å². The van der Waals surface area contributed by atoms with Crippen LogP contribution in [0.4, 0.5) is 0 Å². The lowest BCUT2D eigenvalue weighted by Gasteiger charge is -2.22. The molecular weight excluding hydrogens is 516 g/mol. The van der Waals surface area contributed by atoms with Gasteiger partial charge in [-0.2, -0.15) is 0 Å². The average Bonchev–Trinajstić information content (AvgIpc) is 3.30. The van der Waals surface area contributed by atoms with Crippen molar-refractivity contribution in [3.05, 3.63) is 157 Å². The molecule has 0 aromatic heterocycles. The second-order valence-electron chi connectivity index (χ2n) is 12.3. The van der Waals surface area contributed by atoms with Crippen molar-refractivity contribution in [3.8, 4) is 33.4 Å². The fourth-order valence-electron chi connectivity index (χ4n) is 7.17. The van der Waals surface area contributed by atoms with Gasteiger partial charge in [-0.3, -0.25) is 0 Å². The Labute approximate surface area is 257 Å². The molecule has 0 fully saturated rings. The second-order valence-corrected chi connectivity index (χ2v) is 12.3. The molecule has 202 valence electrons. The summed E-state index contributed by atoms with van der Waals surface area (Å²) >= 11 is 0. The van der Waals surface area contributed by atoms with Gasteiger partial charge in [-0.1, -0.05) is 129 Å². The van der Waals surface area contributed by atoms with E-state index in [4.69, 9.17) is 0 Å². The Kier molecular flexibility index (Phi) is 4.27. The monoisotopic (exact) mass is 550 g/mol. The van der Waals surface area contributed by atoms with Gasteiger partial charge in [-0.05, 0) is 118 Å². The minimum absolute atomic E-state index is 0.0243. The van der Waals surface area contributed by atoms with Crippen molar-refractivity contribution in [2.75, 3.05) is 0 Å². The second kappa shape index (κ2) is 8.90. The molecule has 1 aliphatic carbocycles. The highest BCUT2D eigenvalue weighted by Crippen LogP contribution is 2.51. The summed E-state index contributed by atoms with van der Waals surface area (Å²) in [4.78, 5) is 0. The normalized spacial score (nSPS) is 14.8. The number of rotatable bonds is 2. The maximum Gasteiger partial charge on any atom is 0.0629 e. The number of hydrogen-bond acceptors (Lipinski definition) is 0. The molecule has 0 saturated heterocycles. The summed E-state index contributed by atoms with van der Waals surface area (Å²) in [5.41, 5.74) is 6.55. The molecule has 8 aromatic rings. The van der Waals surface area contributed by atoms with E-state index in [9.17, 15) is 5.48 Å². The fraction of sp³-hybridized carbons (Fsp3) is 0.0698. The molecule has 43 heavy (non-hydrogen) atoms. The van der Waals surface area contributed by atoms with E-state index in [0.29, 0.717) is 22.3 Å². The van der Waals surface area contributed by atoms with Gasteiger partial charge in [0, 0.05) is 5.41 Å². The first-order valence-electron chi connectivity index (χ1n) is 16.9. The molecule has 0 atom stereocenters. The maximum absolute atomic E-state index is 9.23. The molecule has 8 aromatic carbocycles. The van der Waals surface area contributed by atoms with Crippen LogP contribution in [0.15, 0.2) is 145 Å². The number of hydrogen-bond donors (Lipinski definition) is 0. The molecule has 1 aliphatic rings. The van der Waals surface area contributed by atoms with Crippen molar-refractivity contribution in [1.29, 1.82) is 0 Å². The summed E-state index contributed by atoms with van der Waals surface area (Å²) in [6.45, 7) is 4.45. The zero-order chi connectivity index (χ0) is 32.2. The van der Waals surface area contributed by atoms with Crippen LogP contribution in [0.2, 0.25) is 0 Å². The smallest absolute Gasteiger partial charge is 0.0616 e. The molecule has 0 nitrogen and oxygen atoms in total. The van der Waals surface area contributed by atoms with Gasteiger partial charge in [0.05, 0.1) is 5.48 Å². The van der Waals surface area contributed by atoms with Crippen LogP contribution in [0.5, 0.6) is 0 Å². The van der Waals surface area contributed by atoms with E-state index in [-0.39, 0.29) is 29.6 Å². The van der Waals surface area contributed by atoms with Crippen LogP contribution in [0.1, 0.15) is 30.5 Å². The Morgan fingerprint density at radius 2 is 1.05 bits per heavy atom. The van der Waals surface area contributed by atoms with Crippen LogP contribution in [0.3, 0.4) is 0 Å². The zero-order valence-electron chi connectivity index (χ0n) is 28.0. The molecular formula is C43H30. The average molecular weight is 551 g/mol. The first-order valence-corrected chi connectivity index (χ1v) is 14.9. The van der Waals surface area contributed by atoms with Gasteiger partial charge in [0.15, 0.2) is 0 Å². The van der Waals surface area contributed by atoms with Crippen molar-refractivity contribution in [2.24, 2.45) is 0 Å². The standard InChI is InChI=1S/C43H30/c1-43(2)41-26-33(18-21-38(41)40-24-31-10-5-6-11-32(31)25-42(40)43)27-14-16-28(17-15-27)35-12-7-13-36-37(35)20-19-34-22-29-8-3-4-9-30(29)23-39(34)36/h3-26H,1-2H3/i14D,15D,16D,17D.